The van der Waals surface area contributed by atoms with Crippen molar-refractivity contribution in [1.29, 1.82) is 0 Å². The number of nitrogens with one attached hydrogen (secondary N) is 2. The zero-order valence-corrected chi connectivity index (χ0v) is 10.8. The summed E-state index contributed by atoms with van der Waals surface area (Å²) in [5.74, 6) is -0.0114. The average molecular weight is 263 g/mol. The maximum atomic E-state index is 12.0. The minimum atomic E-state index is -0.436. The molecule has 0 saturated carbocycles. The molecule has 1 amide bonds. The number of hydrogen-bond donors (Lipinski definition) is 2. The first kappa shape index (κ1) is 13.5. The third-order valence-corrected chi connectivity index (χ3v) is 3.45. The molecule has 1 saturated heterocycles. The first-order valence-electron chi connectivity index (χ1n) is 6.32. The summed E-state index contributed by atoms with van der Waals surface area (Å²) in [5, 5.41) is 16.7. The molecule has 102 valence electrons. The van der Waals surface area contributed by atoms with Crippen LogP contribution in [0.4, 0.5) is 5.69 Å². The molecule has 1 aromatic rings. The van der Waals surface area contributed by atoms with Crippen LogP contribution in [-0.2, 0) is 11.3 Å². The number of nitrogens with zero attached hydrogens (tertiary/aromatic N) is 1. The van der Waals surface area contributed by atoms with Crippen LogP contribution in [0.3, 0.4) is 0 Å². The van der Waals surface area contributed by atoms with Gasteiger partial charge in [-0.25, -0.2) is 0 Å². The standard InChI is InChI=1S/C13H17N3O3/c1-9-12(5-6-14-9)13(17)15-8-10-3-2-4-11(7-10)16(18)19/h2-4,7,9,12,14H,5-6,8H2,1H3,(H,15,17). The molecule has 0 aliphatic carbocycles. The average Bonchev–Trinajstić information content (AvgIpc) is 2.82. The molecule has 0 aromatic heterocycles. The van der Waals surface area contributed by atoms with Gasteiger partial charge in [0.25, 0.3) is 5.69 Å². The Balaban J connectivity index is 1.93. The van der Waals surface area contributed by atoms with Crippen LogP contribution in [0.15, 0.2) is 24.3 Å². The molecular weight excluding hydrogens is 246 g/mol. The van der Waals surface area contributed by atoms with Crippen LogP contribution in [0.2, 0.25) is 0 Å². The second-order valence-electron chi connectivity index (χ2n) is 4.78. The van der Waals surface area contributed by atoms with Crippen molar-refractivity contribution < 1.29 is 9.72 Å². The van der Waals surface area contributed by atoms with E-state index in [0.29, 0.717) is 6.54 Å². The number of nitro groups is 1. The van der Waals surface area contributed by atoms with E-state index in [9.17, 15) is 14.9 Å². The lowest BCUT2D eigenvalue weighted by Crippen LogP contribution is -2.36. The van der Waals surface area contributed by atoms with Crippen molar-refractivity contribution in [2.75, 3.05) is 6.54 Å². The Kier molecular flexibility index (Phi) is 4.11. The molecule has 1 aliphatic heterocycles. The highest BCUT2D eigenvalue weighted by molar-refractivity contribution is 5.79. The van der Waals surface area contributed by atoms with Crippen LogP contribution in [0.5, 0.6) is 0 Å². The highest BCUT2D eigenvalue weighted by Gasteiger charge is 2.28. The molecule has 1 heterocycles. The molecule has 1 aromatic carbocycles. The quantitative estimate of drug-likeness (QED) is 0.631. The van der Waals surface area contributed by atoms with Crippen LogP contribution in [0.1, 0.15) is 18.9 Å². The summed E-state index contributed by atoms with van der Waals surface area (Å²) in [6.45, 7) is 3.17. The lowest BCUT2D eigenvalue weighted by molar-refractivity contribution is -0.384. The minimum absolute atomic E-state index is 0.00371. The topological polar surface area (TPSA) is 84.3 Å². The van der Waals surface area contributed by atoms with Crippen LogP contribution in [0, 0.1) is 16.0 Å². The van der Waals surface area contributed by atoms with E-state index in [1.807, 2.05) is 6.92 Å². The lowest BCUT2D eigenvalue weighted by atomic mass is 10.0. The highest BCUT2D eigenvalue weighted by Crippen LogP contribution is 2.16. The van der Waals surface area contributed by atoms with Crippen molar-refractivity contribution in [3.8, 4) is 0 Å². The fourth-order valence-electron chi connectivity index (χ4n) is 2.32. The molecule has 19 heavy (non-hydrogen) atoms. The van der Waals surface area contributed by atoms with Crippen molar-refractivity contribution >= 4 is 11.6 Å². The molecule has 0 radical (unpaired) electrons. The molecule has 2 N–H and O–H groups in total. The number of amides is 1. The zero-order chi connectivity index (χ0) is 13.8. The van der Waals surface area contributed by atoms with Crippen LogP contribution in [0.25, 0.3) is 0 Å². The molecule has 0 spiro atoms. The predicted molar refractivity (Wildman–Crippen MR) is 70.5 cm³/mol. The normalized spacial score (nSPS) is 22.2. The molecule has 1 fully saturated rings. The number of benzene rings is 1. The van der Waals surface area contributed by atoms with E-state index in [2.05, 4.69) is 10.6 Å². The summed E-state index contributed by atoms with van der Waals surface area (Å²) in [5.41, 5.74) is 0.781. The van der Waals surface area contributed by atoms with Gasteiger partial charge in [-0.1, -0.05) is 12.1 Å². The second-order valence-corrected chi connectivity index (χ2v) is 4.78. The fraction of sp³-hybridized carbons (Fsp3) is 0.462. The summed E-state index contributed by atoms with van der Waals surface area (Å²) in [4.78, 5) is 22.2. The fourth-order valence-corrected chi connectivity index (χ4v) is 2.32. The molecule has 6 nitrogen and oxygen atoms in total. The summed E-state index contributed by atoms with van der Waals surface area (Å²) in [7, 11) is 0. The Morgan fingerprint density at radius 2 is 2.37 bits per heavy atom. The third kappa shape index (κ3) is 3.29. The Morgan fingerprint density at radius 1 is 1.58 bits per heavy atom. The van der Waals surface area contributed by atoms with Crippen molar-refractivity contribution in [3.05, 3.63) is 39.9 Å². The van der Waals surface area contributed by atoms with E-state index in [0.717, 1.165) is 18.5 Å². The summed E-state index contributed by atoms with van der Waals surface area (Å²) in [6, 6.07) is 6.50. The van der Waals surface area contributed by atoms with E-state index in [1.54, 1.807) is 12.1 Å². The van der Waals surface area contributed by atoms with Gasteiger partial charge < -0.3 is 10.6 Å². The first-order valence-corrected chi connectivity index (χ1v) is 6.32. The highest BCUT2D eigenvalue weighted by atomic mass is 16.6. The van der Waals surface area contributed by atoms with Crippen molar-refractivity contribution in [2.24, 2.45) is 5.92 Å². The maximum absolute atomic E-state index is 12.0. The van der Waals surface area contributed by atoms with Crippen molar-refractivity contribution in [2.45, 2.75) is 25.9 Å². The van der Waals surface area contributed by atoms with Crippen LogP contribution in [-0.4, -0.2) is 23.4 Å². The second kappa shape index (κ2) is 5.79. The van der Waals surface area contributed by atoms with Gasteiger partial charge >= 0.3 is 0 Å². The van der Waals surface area contributed by atoms with E-state index in [4.69, 9.17) is 0 Å². The Labute approximate surface area is 111 Å². The van der Waals surface area contributed by atoms with E-state index in [1.165, 1.54) is 12.1 Å². The van der Waals surface area contributed by atoms with Crippen LogP contribution >= 0.6 is 0 Å². The van der Waals surface area contributed by atoms with Gasteiger partial charge in [0.1, 0.15) is 0 Å². The van der Waals surface area contributed by atoms with Gasteiger partial charge in [0.2, 0.25) is 5.91 Å². The Morgan fingerprint density at radius 3 is 3.00 bits per heavy atom. The summed E-state index contributed by atoms with van der Waals surface area (Å²) >= 11 is 0. The minimum Gasteiger partial charge on any atom is -0.352 e. The molecular formula is C13H17N3O3. The number of nitro benzene ring substituents is 1. The maximum Gasteiger partial charge on any atom is 0.269 e. The number of non-ortho nitro benzene ring substituents is 1. The number of carbonyl (C=O) groups is 1. The van der Waals surface area contributed by atoms with E-state index in [-0.39, 0.29) is 23.6 Å². The Bertz CT molecular complexity index is 490. The largest absolute Gasteiger partial charge is 0.352 e. The van der Waals surface area contributed by atoms with Crippen molar-refractivity contribution in [1.82, 2.24) is 10.6 Å². The summed E-state index contributed by atoms with van der Waals surface area (Å²) in [6.07, 6.45) is 0.835. The van der Waals surface area contributed by atoms with Gasteiger partial charge in [0.15, 0.2) is 0 Å². The molecule has 6 heteroatoms. The van der Waals surface area contributed by atoms with Gasteiger partial charge in [-0.15, -0.1) is 0 Å². The predicted octanol–water partition coefficient (Wildman–Crippen LogP) is 1.21. The molecule has 2 unspecified atom stereocenters. The molecule has 2 atom stereocenters. The SMILES string of the molecule is CC1NCCC1C(=O)NCc1cccc([N+](=O)[O-])c1. The van der Waals surface area contributed by atoms with Gasteiger partial charge in [-0.3, -0.25) is 14.9 Å². The van der Waals surface area contributed by atoms with Gasteiger partial charge in [-0.05, 0) is 25.5 Å². The number of rotatable bonds is 4. The van der Waals surface area contributed by atoms with Gasteiger partial charge in [0.05, 0.1) is 10.8 Å². The monoisotopic (exact) mass is 263 g/mol. The first-order chi connectivity index (χ1) is 9.08. The van der Waals surface area contributed by atoms with Crippen LogP contribution < -0.4 is 10.6 Å². The number of hydrogen-bond acceptors (Lipinski definition) is 4. The Hall–Kier alpha value is -1.95. The van der Waals surface area contributed by atoms with E-state index >= 15 is 0 Å². The van der Waals surface area contributed by atoms with Crippen molar-refractivity contribution in [3.63, 3.8) is 0 Å². The number of carbonyl (C=O) groups excluding carboxylic acids is 1. The lowest BCUT2D eigenvalue weighted by Gasteiger charge is -2.14. The zero-order valence-electron chi connectivity index (χ0n) is 10.8. The van der Waals surface area contributed by atoms with Gasteiger partial charge in [0, 0.05) is 24.7 Å². The molecule has 1 aliphatic rings. The third-order valence-electron chi connectivity index (χ3n) is 3.45. The molecule has 2 rings (SSSR count). The van der Waals surface area contributed by atoms with E-state index < -0.39 is 4.92 Å². The smallest absolute Gasteiger partial charge is 0.269 e. The molecule has 0 bridgehead atoms. The van der Waals surface area contributed by atoms with Gasteiger partial charge in [-0.2, -0.15) is 0 Å². The summed E-state index contributed by atoms with van der Waals surface area (Å²) < 4.78 is 0.